The van der Waals surface area contributed by atoms with Crippen LogP contribution in [0.5, 0.6) is 34.5 Å². The highest BCUT2D eigenvalue weighted by Gasteiger charge is 2.46. The van der Waals surface area contributed by atoms with Gasteiger partial charge in [0.15, 0.2) is 0 Å². The van der Waals surface area contributed by atoms with Gasteiger partial charge in [-0.2, -0.15) is 0 Å². The van der Waals surface area contributed by atoms with Gasteiger partial charge < -0.3 is 27.9 Å². The SMILES string of the molecule is c1ccc2c(c1)Oc1cccc3c1B2c1cccc2c4c5c6ccc7c8c6n(c5c5c(c6cccc9c6n5-c5cccc6c5B9c5ccccc5O6)c4n-3c12)-c1ccccc1B8c1ccccc1O7. The third-order valence-corrected chi connectivity index (χ3v) is 16.8. The first-order chi connectivity index (χ1) is 34.3. The summed E-state index contributed by atoms with van der Waals surface area (Å²) in [5, 5.41) is 7.48. The number of nitrogens with zero attached hydrogens (tertiary/aromatic N) is 3. The largest absolute Gasteiger partial charge is 0.458 e. The van der Waals surface area contributed by atoms with E-state index in [9.17, 15) is 0 Å². The molecule has 10 aromatic carbocycles. The van der Waals surface area contributed by atoms with Crippen molar-refractivity contribution in [3.8, 4) is 51.6 Å². The first kappa shape index (κ1) is 34.5. The Kier molecular flexibility index (Phi) is 5.74. The molecule has 3 aromatic heterocycles. The average molecular weight is 873 g/mol. The van der Waals surface area contributed by atoms with Gasteiger partial charge in [-0.25, -0.2) is 0 Å². The predicted octanol–water partition coefficient (Wildman–Crippen LogP) is 7.78. The number of rotatable bonds is 0. The molecule has 0 N–H and O–H groups in total. The van der Waals surface area contributed by atoms with E-state index in [4.69, 9.17) is 14.2 Å². The summed E-state index contributed by atoms with van der Waals surface area (Å²) in [6, 6.07) is 67.0. The van der Waals surface area contributed by atoms with E-state index in [1.807, 2.05) is 0 Å². The highest BCUT2D eigenvalue weighted by molar-refractivity contribution is 7.01. The molecule has 9 heterocycles. The van der Waals surface area contributed by atoms with E-state index in [1.54, 1.807) is 0 Å². The first-order valence-corrected chi connectivity index (χ1v) is 24.0. The molecule has 0 saturated carbocycles. The molecule has 6 nitrogen and oxygen atoms in total. The van der Waals surface area contributed by atoms with Gasteiger partial charge in [0, 0.05) is 60.4 Å². The van der Waals surface area contributed by atoms with Crippen molar-refractivity contribution < 1.29 is 14.2 Å². The zero-order valence-corrected chi connectivity index (χ0v) is 36.6. The maximum Gasteiger partial charge on any atom is 0.256 e. The predicted molar refractivity (Wildman–Crippen MR) is 283 cm³/mol. The van der Waals surface area contributed by atoms with Crippen LogP contribution in [-0.4, -0.2) is 33.8 Å². The van der Waals surface area contributed by atoms with Crippen LogP contribution in [0.25, 0.3) is 82.5 Å². The Balaban J connectivity index is 1.11. The normalized spacial score (nSPS) is 14.3. The number of benzene rings is 10. The zero-order chi connectivity index (χ0) is 44.1. The molecule has 312 valence electrons. The summed E-state index contributed by atoms with van der Waals surface area (Å²) in [5.74, 6) is 5.51. The molecule has 6 aliphatic rings. The van der Waals surface area contributed by atoms with Gasteiger partial charge in [0.05, 0.1) is 22.1 Å². The monoisotopic (exact) mass is 873 g/mol. The van der Waals surface area contributed by atoms with Gasteiger partial charge in [0.25, 0.3) is 20.1 Å². The summed E-state index contributed by atoms with van der Waals surface area (Å²) in [6.45, 7) is 0.0140. The molecular weight excluding hydrogens is 843 g/mol. The van der Waals surface area contributed by atoms with Crippen LogP contribution in [0, 0.1) is 0 Å². The first-order valence-electron chi connectivity index (χ1n) is 24.0. The topological polar surface area (TPSA) is 42.5 Å². The fourth-order valence-electron chi connectivity index (χ4n) is 14.5. The van der Waals surface area contributed by atoms with Gasteiger partial charge in [-0.1, -0.05) is 121 Å². The van der Waals surface area contributed by atoms with Gasteiger partial charge in [-0.3, -0.25) is 0 Å². The van der Waals surface area contributed by atoms with E-state index in [0.717, 1.165) is 40.2 Å². The molecule has 0 radical (unpaired) electrons. The third kappa shape index (κ3) is 3.72. The number of para-hydroxylation sites is 6. The lowest BCUT2D eigenvalue weighted by Crippen LogP contribution is -2.58. The Hall–Kier alpha value is -8.81. The molecule has 0 unspecified atom stereocenters. The Bertz CT molecular complexity index is 4700. The van der Waals surface area contributed by atoms with Crippen molar-refractivity contribution in [2.24, 2.45) is 0 Å². The summed E-state index contributed by atoms with van der Waals surface area (Å²) in [4.78, 5) is 0. The zero-order valence-electron chi connectivity index (χ0n) is 36.6. The Morgan fingerprint density at radius 2 is 0.638 bits per heavy atom. The second-order valence-corrected chi connectivity index (χ2v) is 19.7. The van der Waals surface area contributed by atoms with Crippen molar-refractivity contribution in [3.05, 3.63) is 182 Å². The summed E-state index contributed by atoms with van der Waals surface area (Å²) in [7, 11) is 0. The summed E-state index contributed by atoms with van der Waals surface area (Å²) in [5.41, 5.74) is 22.0. The van der Waals surface area contributed by atoms with Gasteiger partial charge in [0.1, 0.15) is 34.5 Å². The van der Waals surface area contributed by atoms with Crippen molar-refractivity contribution in [1.29, 1.82) is 0 Å². The lowest BCUT2D eigenvalue weighted by Gasteiger charge is -2.33. The quantitative estimate of drug-likeness (QED) is 0.146. The van der Waals surface area contributed by atoms with Crippen molar-refractivity contribution in [1.82, 2.24) is 13.7 Å². The minimum Gasteiger partial charge on any atom is -0.458 e. The molecule has 0 fully saturated rings. The summed E-state index contributed by atoms with van der Waals surface area (Å²) in [6.07, 6.45) is 0. The van der Waals surface area contributed by atoms with Gasteiger partial charge in [-0.15, -0.1) is 0 Å². The van der Waals surface area contributed by atoms with Crippen LogP contribution in [0.4, 0.5) is 0 Å². The lowest BCUT2D eigenvalue weighted by atomic mass is 9.34. The third-order valence-electron chi connectivity index (χ3n) is 16.8. The lowest BCUT2D eigenvalue weighted by molar-refractivity contribution is 0.487. The second-order valence-electron chi connectivity index (χ2n) is 19.7. The molecule has 0 atom stereocenters. The Labute approximate surface area is 394 Å². The molecule has 0 bridgehead atoms. The molecule has 0 aliphatic carbocycles. The minimum atomic E-state index is -0.00133. The van der Waals surface area contributed by atoms with Crippen LogP contribution >= 0.6 is 0 Å². The fraction of sp³-hybridized carbons (Fsp3) is 0. The van der Waals surface area contributed by atoms with Crippen LogP contribution in [-0.2, 0) is 0 Å². The Morgan fingerprint density at radius 3 is 1.25 bits per heavy atom. The van der Waals surface area contributed by atoms with Gasteiger partial charge >= 0.3 is 0 Å². The van der Waals surface area contributed by atoms with Crippen LogP contribution in [0.2, 0.25) is 0 Å². The Morgan fingerprint density at radius 1 is 0.246 bits per heavy atom. The highest BCUT2D eigenvalue weighted by atomic mass is 16.5. The van der Waals surface area contributed by atoms with E-state index >= 15 is 0 Å². The van der Waals surface area contributed by atoms with Crippen molar-refractivity contribution in [3.63, 3.8) is 0 Å². The molecule has 13 aromatic rings. The van der Waals surface area contributed by atoms with Crippen LogP contribution in [0.1, 0.15) is 0 Å². The van der Waals surface area contributed by atoms with E-state index in [0.29, 0.717) is 0 Å². The number of hydrogen-bond donors (Lipinski definition) is 0. The van der Waals surface area contributed by atoms with Crippen molar-refractivity contribution in [2.75, 3.05) is 0 Å². The minimum absolute atomic E-state index is 0.00133. The molecule has 19 rings (SSSR count). The summed E-state index contributed by atoms with van der Waals surface area (Å²) >= 11 is 0. The smallest absolute Gasteiger partial charge is 0.256 e. The summed E-state index contributed by atoms with van der Waals surface area (Å²) < 4.78 is 28.6. The molecule has 6 aliphatic heterocycles. The molecule has 9 heteroatoms. The van der Waals surface area contributed by atoms with Crippen molar-refractivity contribution >= 4 is 135 Å². The van der Waals surface area contributed by atoms with E-state index < -0.39 is 0 Å². The average Bonchev–Trinajstić information content (AvgIpc) is 4.06. The number of aromatic nitrogens is 3. The van der Waals surface area contributed by atoms with E-state index in [-0.39, 0.29) is 20.1 Å². The van der Waals surface area contributed by atoms with Crippen LogP contribution < -0.4 is 63.4 Å². The van der Waals surface area contributed by atoms with Crippen LogP contribution in [0.15, 0.2) is 182 Å². The van der Waals surface area contributed by atoms with E-state index in [2.05, 4.69) is 196 Å². The fourth-order valence-corrected chi connectivity index (χ4v) is 14.5. The molecule has 0 amide bonds. The molecule has 69 heavy (non-hydrogen) atoms. The van der Waals surface area contributed by atoms with Gasteiger partial charge in [-0.05, 0) is 110 Å². The van der Waals surface area contributed by atoms with E-state index in [1.165, 1.54) is 126 Å². The number of hydrogen-bond acceptors (Lipinski definition) is 3. The van der Waals surface area contributed by atoms with Crippen LogP contribution in [0.3, 0.4) is 0 Å². The number of fused-ring (bicyclic) bond motifs is 25. The van der Waals surface area contributed by atoms with Gasteiger partial charge in [0.2, 0.25) is 0 Å². The highest BCUT2D eigenvalue weighted by Crippen LogP contribution is 2.52. The molecule has 0 spiro atoms. The maximum atomic E-state index is 6.94. The maximum absolute atomic E-state index is 6.94. The number of ether oxygens (including phenoxy) is 3. The molecule has 0 saturated heterocycles. The molecular formula is C60H30B3N3O3. The van der Waals surface area contributed by atoms with Crippen molar-refractivity contribution in [2.45, 2.75) is 0 Å². The second kappa shape index (κ2) is 11.5. The standard InChI is InChI=1S/C60H30B3N3O3/c1-5-21-40-34(15-1)61-35-16-2-6-24-43(35)69-48-30-29-33-50-49-31-13-9-19-38-55(31)65(41-22-11-27-46-52(41)62(38)36-17-3-7-25-44(36)67-46)58(49)51-32-14-10-20-39-56(32)66(60(51)59(50)64(40)57(33)54(48)61)42-23-12-28-47-53(42)63(39)37-18-4-8-26-45(37)68-47/h1-30H.